The van der Waals surface area contributed by atoms with Crippen molar-refractivity contribution in [3.63, 3.8) is 0 Å². The number of methoxy groups -OCH3 is 1. The van der Waals surface area contributed by atoms with Gasteiger partial charge in [-0.15, -0.1) is 11.8 Å². The van der Waals surface area contributed by atoms with Crippen LogP contribution in [0.5, 0.6) is 5.75 Å². The van der Waals surface area contributed by atoms with E-state index in [0.717, 1.165) is 23.4 Å². The Balaban J connectivity index is 2.61. The van der Waals surface area contributed by atoms with Gasteiger partial charge in [-0.25, -0.2) is 0 Å². The highest BCUT2D eigenvalue weighted by molar-refractivity contribution is 7.99. The maximum absolute atomic E-state index is 10.1. The molecule has 76 valence electrons. The van der Waals surface area contributed by atoms with E-state index in [1.165, 1.54) is 4.90 Å². The van der Waals surface area contributed by atoms with Crippen LogP contribution in [0.2, 0.25) is 0 Å². The number of rotatable bonds is 5. The molecule has 3 heteroatoms. The van der Waals surface area contributed by atoms with E-state index < -0.39 is 0 Å². The second-order valence-electron chi connectivity index (χ2n) is 2.94. The van der Waals surface area contributed by atoms with Crippen LogP contribution in [-0.4, -0.2) is 19.1 Å². The Kier molecular flexibility index (Phi) is 4.53. The molecule has 2 nitrogen and oxygen atoms in total. The summed E-state index contributed by atoms with van der Waals surface area (Å²) in [6.45, 7) is 2.02. The summed E-state index contributed by atoms with van der Waals surface area (Å²) in [6, 6.07) is 6.05. The normalized spacial score (nSPS) is 9.86. The van der Waals surface area contributed by atoms with Gasteiger partial charge in [0, 0.05) is 17.1 Å². The lowest BCUT2D eigenvalue weighted by molar-refractivity contribution is -0.107. The summed E-state index contributed by atoms with van der Waals surface area (Å²) >= 11 is 1.69. The van der Waals surface area contributed by atoms with Gasteiger partial charge in [0.1, 0.15) is 12.0 Å². The van der Waals surface area contributed by atoms with Crippen LogP contribution >= 0.6 is 11.8 Å². The zero-order valence-electron chi connectivity index (χ0n) is 8.45. The molecule has 0 amide bonds. The Morgan fingerprint density at radius 1 is 1.50 bits per heavy atom. The van der Waals surface area contributed by atoms with Crippen LogP contribution in [-0.2, 0) is 4.79 Å². The van der Waals surface area contributed by atoms with Crippen molar-refractivity contribution in [2.45, 2.75) is 18.2 Å². The fourth-order valence-corrected chi connectivity index (χ4v) is 2.04. The number of thioether (sulfide) groups is 1. The third-order valence-electron chi connectivity index (χ3n) is 1.87. The number of carbonyl (C=O) groups is 1. The lowest BCUT2D eigenvalue weighted by Gasteiger charge is -2.06. The Bertz CT molecular complexity index is 310. The molecule has 0 aliphatic heterocycles. The molecular formula is C11H14O2S. The Labute approximate surface area is 88.7 Å². The summed E-state index contributed by atoms with van der Waals surface area (Å²) in [5, 5.41) is 0. The molecular weight excluding hydrogens is 196 g/mol. The van der Waals surface area contributed by atoms with Crippen molar-refractivity contribution in [1.29, 1.82) is 0 Å². The van der Waals surface area contributed by atoms with Gasteiger partial charge in [-0.1, -0.05) is 0 Å². The fourth-order valence-electron chi connectivity index (χ4n) is 1.17. The first-order valence-corrected chi connectivity index (χ1v) is 5.47. The van der Waals surface area contributed by atoms with Crippen molar-refractivity contribution in [3.05, 3.63) is 23.8 Å². The molecule has 0 aliphatic carbocycles. The highest BCUT2D eigenvalue weighted by atomic mass is 32.2. The number of aldehydes is 1. The number of ether oxygens (including phenoxy) is 1. The SMILES string of the molecule is COc1ccc(SCCC=O)cc1C. The predicted molar refractivity (Wildman–Crippen MR) is 59.1 cm³/mol. The van der Waals surface area contributed by atoms with Crippen LogP contribution in [0.3, 0.4) is 0 Å². The quantitative estimate of drug-likeness (QED) is 0.424. The summed E-state index contributed by atoms with van der Waals surface area (Å²) in [4.78, 5) is 11.3. The zero-order valence-corrected chi connectivity index (χ0v) is 9.26. The average molecular weight is 210 g/mol. The smallest absolute Gasteiger partial charge is 0.121 e. The predicted octanol–water partition coefficient (Wildman–Crippen LogP) is 2.68. The van der Waals surface area contributed by atoms with Gasteiger partial charge in [-0.05, 0) is 30.7 Å². The highest BCUT2D eigenvalue weighted by Crippen LogP contribution is 2.25. The van der Waals surface area contributed by atoms with E-state index in [-0.39, 0.29) is 0 Å². The van der Waals surface area contributed by atoms with Gasteiger partial charge in [0.15, 0.2) is 0 Å². The van der Waals surface area contributed by atoms with Gasteiger partial charge in [0.05, 0.1) is 7.11 Å². The first kappa shape index (κ1) is 11.1. The topological polar surface area (TPSA) is 26.3 Å². The molecule has 0 heterocycles. The van der Waals surface area contributed by atoms with E-state index in [4.69, 9.17) is 4.74 Å². The summed E-state index contributed by atoms with van der Waals surface area (Å²) in [7, 11) is 1.67. The molecule has 0 atom stereocenters. The zero-order chi connectivity index (χ0) is 10.4. The van der Waals surface area contributed by atoms with E-state index in [2.05, 4.69) is 6.07 Å². The second-order valence-corrected chi connectivity index (χ2v) is 4.10. The molecule has 0 radical (unpaired) electrons. The monoisotopic (exact) mass is 210 g/mol. The summed E-state index contributed by atoms with van der Waals surface area (Å²) in [5.74, 6) is 1.75. The van der Waals surface area contributed by atoms with Gasteiger partial charge in [0.25, 0.3) is 0 Å². The molecule has 1 rings (SSSR count). The third kappa shape index (κ3) is 3.07. The molecule has 1 aromatic rings. The Morgan fingerprint density at radius 2 is 2.29 bits per heavy atom. The fraction of sp³-hybridized carbons (Fsp3) is 0.364. The first-order chi connectivity index (χ1) is 6.77. The van der Waals surface area contributed by atoms with Gasteiger partial charge in [-0.3, -0.25) is 0 Å². The number of hydrogen-bond acceptors (Lipinski definition) is 3. The Morgan fingerprint density at radius 3 is 2.86 bits per heavy atom. The minimum Gasteiger partial charge on any atom is -0.496 e. The van der Waals surface area contributed by atoms with Gasteiger partial charge in [-0.2, -0.15) is 0 Å². The van der Waals surface area contributed by atoms with Gasteiger partial charge >= 0.3 is 0 Å². The molecule has 0 aromatic heterocycles. The number of benzene rings is 1. The van der Waals surface area contributed by atoms with Crippen molar-refractivity contribution in [2.75, 3.05) is 12.9 Å². The van der Waals surface area contributed by atoms with Crippen molar-refractivity contribution in [2.24, 2.45) is 0 Å². The Hall–Kier alpha value is -0.960. The molecule has 0 N–H and O–H groups in total. The number of hydrogen-bond donors (Lipinski definition) is 0. The van der Waals surface area contributed by atoms with Crippen LogP contribution < -0.4 is 4.74 Å². The van der Waals surface area contributed by atoms with Gasteiger partial charge < -0.3 is 9.53 Å². The minimum atomic E-state index is 0.607. The molecule has 0 saturated heterocycles. The van der Waals surface area contributed by atoms with Crippen LogP contribution in [0.15, 0.2) is 23.1 Å². The van der Waals surface area contributed by atoms with Crippen LogP contribution in [0.25, 0.3) is 0 Å². The van der Waals surface area contributed by atoms with E-state index in [1.807, 2.05) is 19.1 Å². The molecule has 0 unspecified atom stereocenters. The van der Waals surface area contributed by atoms with E-state index >= 15 is 0 Å². The maximum Gasteiger partial charge on any atom is 0.121 e. The summed E-state index contributed by atoms with van der Waals surface area (Å²) in [5.41, 5.74) is 1.13. The first-order valence-electron chi connectivity index (χ1n) is 4.49. The third-order valence-corrected chi connectivity index (χ3v) is 2.90. The van der Waals surface area contributed by atoms with E-state index in [9.17, 15) is 4.79 Å². The van der Waals surface area contributed by atoms with Gasteiger partial charge in [0.2, 0.25) is 0 Å². The standard InChI is InChI=1S/C11H14O2S/c1-9-8-10(14-7-3-6-12)4-5-11(9)13-2/h4-6,8H,3,7H2,1-2H3. The molecule has 0 spiro atoms. The van der Waals surface area contributed by atoms with Crippen molar-refractivity contribution in [1.82, 2.24) is 0 Å². The van der Waals surface area contributed by atoms with E-state index in [0.29, 0.717) is 6.42 Å². The summed E-state index contributed by atoms with van der Waals surface area (Å²) < 4.78 is 5.16. The molecule has 14 heavy (non-hydrogen) atoms. The maximum atomic E-state index is 10.1. The largest absolute Gasteiger partial charge is 0.496 e. The van der Waals surface area contributed by atoms with Crippen molar-refractivity contribution in [3.8, 4) is 5.75 Å². The van der Waals surface area contributed by atoms with Crippen molar-refractivity contribution < 1.29 is 9.53 Å². The molecule has 0 bridgehead atoms. The lowest BCUT2D eigenvalue weighted by Crippen LogP contribution is -1.87. The molecule has 0 aliphatic rings. The molecule has 0 fully saturated rings. The van der Waals surface area contributed by atoms with E-state index in [1.54, 1.807) is 18.9 Å². The van der Waals surface area contributed by atoms with Crippen LogP contribution in [0, 0.1) is 6.92 Å². The average Bonchev–Trinajstić information content (AvgIpc) is 2.18. The minimum absolute atomic E-state index is 0.607. The number of carbonyl (C=O) groups excluding carboxylic acids is 1. The lowest BCUT2D eigenvalue weighted by atomic mass is 10.2. The van der Waals surface area contributed by atoms with Crippen molar-refractivity contribution >= 4 is 18.0 Å². The second kappa shape index (κ2) is 5.70. The molecule has 1 aromatic carbocycles. The summed E-state index contributed by atoms with van der Waals surface area (Å²) in [6.07, 6.45) is 1.55. The van der Waals surface area contributed by atoms with Crippen LogP contribution in [0.1, 0.15) is 12.0 Å². The highest BCUT2D eigenvalue weighted by Gasteiger charge is 1.99. The van der Waals surface area contributed by atoms with Crippen LogP contribution in [0.4, 0.5) is 0 Å². The number of aryl methyl sites for hydroxylation is 1. The molecule has 0 saturated carbocycles.